The van der Waals surface area contributed by atoms with E-state index >= 15 is 0 Å². The zero-order chi connectivity index (χ0) is 21.4. The predicted molar refractivity (Wildman–Crippen MR) is 124 cm³/mol. The van der Waals surface area contributed by atoms with Crippen LogP contribution in [-0.2, 0) is 21.4 Å². The van der Waals surface area contributed by atoms with E-state index < -0.39 is 5.41 Å². The molecule has 2 aromatic rings. The molecule has 0 saturated carbocycles. The van der Waals surface area contributed by atoms with Crippen LogP contribution < -0.4 is 4.90 Å². The highest BCUT2D eigenvalue weighted by atomic mass is 16.5. The first kappa shape index (κ1) is 22.5. The second kappa shape index (κ2) is 10.7. The summed E-state index contributed by atoms with van der Waals surface area (Å²) in [6.45, 7) is 12.4. The van der Waals surface area contributed by atoms with Gasteiger partial charge >= 0.3 is 0 Å². The van der Waals surface area contributed by atoms with Crippen molar-refractivity contribution in [1.29, 1.82) is 0 Å². The lowest BCUT2D eigenvalue weighted by Gasteiger charge is -2.38. The smallest absolute Gasteiger partial charge is 0.144 e. The number of Topliss-reactive ketones (excluding diaryl/α,β-unsaturated/α-hetero) is 1. The maximum Gasteiger partial charge on any atom is 0.144 e. The molecule has 0 spiro atoms. The van der Waals surface area contributed by atoms with Crippen LogP contribution in [0.15, 0.2) is 54.6 Å². The molecule has 0 bridgehead atoms. The molecule has 162 valence electrons. The van der Waals surface area contributed by atoms with Crippen molar-refractivity contribution >= 4 is 11.5 Å². The molecule has 0 N–H and O–H groups in total. The van der Waals surface area contributed by atoms with Gasteiger partial charge in [-0.1, -0.05) is 63.2 Å². The number of hydrogen-bond acceptors (Lipinski definition) is 4. The van der Waals surface area contributed by atoms with Crippen LogP contribution in [0.2, 0.25) is 0 Å². The predicted octanol–water partition coefficient (Wildman–Crippen LogP) is 4.32. The Morgan fingerprint density at radius 3 is 2.17 bits per heavy atom. The standard InChI is InChI=1S/C26H36N2O2/c1-4-25(29)26(21-27(5-2)6-3,20-22-10-8-7-9-11-22)23-12-14-24(15-13-23)28-16-18-30-19-17-28/h7-15H,4-6,16-21H2,1-3H3. The van der Waals surface area contributed by atoms with Crippen molar-refractivity contribution in [1.82, 2.24) is 4.90 Å². The maximum absolute atomic E-state index is 13.5. The van der Waals surface area contributed by atoms with E-state index in [2.05, 4.69) is 72.2 Å². The summed E-state index contributed by atoms with van der Waals surface area (Å²) in [5.74, 6) is 0.317. The van der Waals surface area contributed by atoms with Gasteiger partial charge in [-0.25, -0.2) is 0 Å². The third kappa shape index (κ3) is 5.11. The van der Waals surface area contributed by atoms with Gasteiger partial charge < -0.3 is 14.5 Å². The Balaban J connectivity index is 2.00. The molecular formula is C26H36N2O2. The molecular weight excluding hydrogens is 372 g/mol. The van der Waals surface area contributed by atoms with Crippen molar-refractivity contribution in [3.63, 3.8) is 0 Å². The molecule has 1 saturated heterocycles. The van der Waals surface area contributed by atoms with Gasteiger partial charge in [-0.15, -0.1) is 0 Å². The molecule has 0 aromatic heterocycles. The van der Waals surface area contributed by atoms with Gasteiger partial charge in [-0.3, -0.25) is 4.79 Å². The third-order valence-corrected chi connectivity index (χ3v) is 6.39. The number of carbonyl (C=O) groups excluding carboxylic acids is 1. The highest BCUT2D eigenvalue weighted by molar-refractivity contribution is 5.90. The fourth-order valence-electron chi connectivity index (χ4n) is 4.52. The van der Waals surface area contributed by atoms with Gasteiger partial charge in [0.15, 0.2) is 0 Å². The van der Waals surface area contributed by atoms with Crippen molar-refractivity contribution in [2.45, 2.75) is 39.0 Å². The van der Waals surface area contributed by atoms with Gasteiger partial charge in [0.2, 0.25) is 0 Å². The average Bonchev–Trinajstić information content (AvgIpc) is 2.82. The molecule has 1 unspecified atom stereocenters. The molecule has 1 heterocycles. The number of nitrogens with zero attached hydrogens (tertiary/aromatic N) is 2. The van der Waals surface area contributed by atoms with E-state index in [9.17, 15) is 4.79 Å². The molecule has 1 fully saturated rings. The van der Waals surface area contributed by atoms with Crippen molar-refractivity contribution < 1.29 is 9.53 Å². The van der Waals surface area contributed by atoms with Crippen LogP contribution in [-0.4, -0.2) is 56.6 Å². The highest BCUT2D eigenvalue weighted by Crippen LogP contribution is 2.34. The van der Waals surface area contributed by atoms with E-state index in [1.807, 2.05) is 13.0 Å². The van der Waals surface area contributed by atoms with E-state index in [-0.39, 0.29) is 0 Å². The number of likely N-dealkylation sites (N-methyl/N-ethyl adjacent to an activating group) is 1. The van der Waals surface area contributed by atoms with Crippen LogP contribution in [0.5, 0.6) is 0 Å². The van der Waals surface area contributed by atoms with Crippen molar-refractivity contribution in [2.24, 2.45) is 0 Å². The Kier molecular flexibility index (Phi) is 8.06. The summed E-state index contributed by atoms with van der Waals surface area (Å²) in [6.07, 6.45) is 1.27. The molecule has 1 aliphatic heterocycles. The first-order chi connectivity index (χ1) is 14.6. The minimum atomic E-state index is -0.536. The van der Waals surface area contributed by atoms with Gasteiger partial charge in [0.05, 0.1) is 18.6 Å². The van der Waals surface area contributed by atoms with Crippen molar-refractivity contribution in [3.05, 3.63) is 65.7 Å². The Labute approximate surface area is 181 Å². The first-order valence-corrected chi connectivity index (χ1v) is 11.4. The van der Waals surface area contributed by atoms with Gasteiger partial charge in [0.25, 0.3) is 0 Å². The quantitative estimate of drug-likeness (QED) is 0.586. The fraction of sp³-hybridized carbons (Fsp3) is 0.500. The van der Waals surface area contributed by atoms with E-state index in [0.29, 0.717) is 12.2 Å². The summed E-state index contributed by atoms with van der Waals surface area (Å²) >= 11 is 0. The second-order valence-corrected chi connectivity index (χ2v) is 8.13. The summed E-state index contributed by atoms with van der Waals surface area (Å²) in [4.78, 5) is 18.3. The van der Waals surface area contributed by atoms with Crippen molar-refractivity contribution in [3.8, 4) is 0 Å². The number of carbonyl (C=O) groups is 1. The van der Waals surface area contributed by atoms with E-state index in [1.165, 1.54) is 11.3 Å². The summed E-state index contributed by atoms with van der Waals surface area (Å²) in [6, 6.07) is 19.2. The zero-order valence-corrected chi connectivity index (χ0v) is 18.8. The van der Waals surface area contributed by atoms with Crippen molar-refractivity contribution in [2.75, 3.05) is 50.8 Å². The zero-order valence-electron chi connectivity index (χ0n) is 18.8. The number of ether oxygens (including phenoxy) is 1. The van der Waals surface area contributed by atoms with Crippen LogP contribution >= 0.6 is 0 Å². The minimum absolute atomic E-state index is 0.317. The Bertz CT molecular complexity index is 780. The summed E-state index contributed by atoms with van der Waals surface area (Å²) in [5, 5.41) is 0. The lowest BCUT2D eigenvalue weighted by Crippen LogP contribution is -2.48. The highest BCUT2D eigenvalue weighted by Gasteiger charge is 2.40. The monoisotopic (exact) mass is 408 g/mol. The molecule has 30 heavy (non-hydrogen) atoms. The SMILES string of the molecule is CCC(=O)C(Cc1ccccc1)(CN(CC)CC)c1ccc(N2CCOCC2)cc1. The molecule has 4 nitrogen and oxygen atoms in total. The molecule has 3 rings (SSSR count). The number of ketones is 1. The first-order valence-electron chi connectivity index (χ1n) is 11.4. The van der Waals surface area contributed by atoms with Crippen LogP contribution in [0.1, 0.15) is 38.3 Å². The van der Waals surface area contributed by atoms with E-state index in [0.717, 1.165) is 57.9 Å². The fourth-order valence-corrected chi connectivity index (χ4v) is 4.52. The summed E-state index contributed by atoms with van der Waals surface area (Å²) < 4.78 is 5.49. The average molecular weight is 409 g/mol. The summed E-state index contributed by atoms with van der Waals surface area (Å²) in [7, 11) is 0. The van der Waals surface area contributed by atoms with Gasteiger partial charge in [0.1, 0.15) is 5.78 Å². The number of hydrogen-bond donors (Lipinski definition) is 0. The normalized spacial score (nSPS) is 16.5. The van der Waals surface area contributed by atoms with Crippen LogP contribution in [0, 0.1) is 0 Å². The number of benzene rings is 2. The van der Waals surface area contributed by atoms with E-state index in [4.69, 9.17) is 4.74 Å². The largest absolute Gasteiger partial charge is 0.378 e. The van der Waals surface area contributed by atoms with Crippen LogP contribution in [0.3, 0.4) is 0 Å². The van der Waals surface area contributed by atoms with Crippen LogP contribution in [0.25, 0.3) is 0 Å². The lowest BCUT2D eigenvalue weighted by molar-refractivity contribution is -0.125. The lowest BCUT2D eigenvalue weighted by atomic mass is 9.71. The Morgan fingerprint density at radius 2 is 1.60 bits per heavy atom. The Hall–Kier alpha value is -2.17. The van der Waals surface area contributed by atoms with Gasteiger partial charge in [-0.2, -0.15) is 0 Å². The van der Waals surface area contributed by atoms with Gasteiger partial charge in [0, 0.05) is 31.7 Å². The minimum Gasteiger partial charge on any atom is -0.378 e. The number of morpholine rings is 1. The molecule has 1 aliphatic rings. The Morgan fingerprint density at radius 1 is 0.967 bits per heavy atom. The van der Waals surface area contributed by atoms with Crippen LogP contribution in [0.4, 0.5) is 5.69 Å². The number of anilines is 1. The molecule has 0 amide bonds. The second-order valence-electron chi connectivity index (χ2n) is 8.13. The van der Waals surface area contributed by atoms with Gasteiger partial charge in [-0.05, 0) is 42.8 Å². The third-order valence-electron chi connectivity index (χ3n) is 6.39. The number of rotatable bonds is 10. The molecule has 0 radical (unpaired) electrons. The summed E-state index contributed by atoms with van der Waals surface area (Å²) in [5.41, 5.74) is 3.01. The molecule has 0 aliphatic carbocycles. The topological polar surface area (TPSA) is 32.8 Å². The van der Waals surface area contributed by atoms with E-state index in [1.54, 1.807) is 0 Å². The molecule has 1 atom stereocenters. The molecule has 2 aromatic carbocycles. The molecule has 4 heteroatoms. The maximum atomic E-state index is 13.5.